The normalized spacial score (nSPS) is 25.6. The number of aliphatic hydroxyl groups excluding tert-OH is 2. The molecule has 0 saturated carbocycles. The predicted octanol–water partition coefficient (Wildman–Crippen LogP) is 4.28. The third-order valence-corrected chi connectivity index (χ3v) is 8.46. The van der Waals surface area contributed by atoms with E-state index in [1.165, 1.54) is 41.1 Å². The van der Waals surface area contributed by atoms with Gasteiger partial charge in [0.05, 0.1) is 12.2 Å². The van der Waals surface area contributed by atoms with Crippen LogP contribution in [0.1, 0.15) is 66.8 Å². The van der Waals surface area contributed by atoms with Crippen LogP contribution in [0, 0.1) is 17.6 Å². The monoisotopic (exact) mass is 525 g/mol. The summed E-state index contributed by atoms with van der Waals surface area (Å²) < 4.78 is 26.7. The number of aromatic amines is 1. The first-order chi connectivity index (χ1) is 18.3. The number of hydrogen-bond donors (Lipinski definition) is 3. The molecule has 2 saturated heterocycles. The number of halogens is 2. The van der Waals surface area contributed by atoms with E-state index < -0.39 is 23.8 Å². The second kappa shape index (κ2) is 11.5. The van der Waals surface area contributed by atoms with Gasteiger partial charge in [-0.3, -0.25) is 9.69 Å². The number of β-amino-alcohol motifs (C(OH)–C–C–N with tert-alkyl or cyclic N) is 2. The first-order valence-electron chi connectivity index (χ1n) is 13.7. The summed E-state index contributed by atoms with van der Waals surface area (Å²) in [4.78, 5) is 19.8. The molecule has 3 aliphatic rings. The molecule has 1 unspecified atom stereocenters. The average molecular weight is 526 g/mol. The molecule has 38 heavy (non-hydrogen) atoms. The number of carbonyl (C=O) groups excluding carboxylic acids is 1. The van der Waals surface area contributed by atoms with Crippen molar-refractivity contribution in [3.05, 3.63) is 70.6 Å². The number of aromatic nitrogens is 1. The van der Waals surface area contributed by atoms with E-state index in [1.807, 2.05) is 0 Å². The third-order valence-electron chi connectivity index (χ3n) is 8.46. The predicted molar refractivity (Wildman–Crippen MR) is 143 cm³/mol. The van der Waals surface area contributed by atoms with Crippen LogP contribution >= 0.6 is 0 Å². The van der Waals surface area contributed by atoms with Crippen molar-refractivity contribution >= 4 is 18.1 Å². The van der Waals surface area contributed by atoms with E-state index in [0.717, 1.165) is 25.5 Å². The molecule has 2 fully saturated rings. The first-order valence-corrected chi connectivity index (χ1v) is 13.7. The highest BCUT2D eigenvalue weighted by atomic mass is 19.1. The number of fused-ring (bicyclic) bond motifs is 1. The third kappa shape index (κ3) is 5.92. The second-order valence-electron chi connectivity index (χ2n) is 11.1. The number of aliphatic hydroxyl groups is 2. The summed E-state index contributed by atoms with van der Waals surface area (Å²) in [6.07, 6.45) is 11.5. The number of piperidine rings is 2. The highest BCUT2D eigenvalue weighted by Gasteiger charge is 2.34. The Morgan fingerprint density at radius 3 is 2.61 bits per heavy atom. The van der Waals surface area contributed by atoms with Gasteiger partial charge in [0.25, 0.3) is 0 Å². The zero-order valence-corrected chi connectivity index (χ0v) is 21.8. The Morgan fingerprint density at radius 2 is 1.89 bits per heavy atom. The summed E-state index contributed by atoms with van der Waals surface area (Å²) in [7, 11) is 0. The van der Waals surface area contributed by atoms with E-state index in [9.17, 15) is 23.8 Å². The Labute approximate surface area is 222 Å². The highest BCUT2D eigenvalue weighted by molar-refractivity contribution is 5.91. The topological polar surface area (TPSA) is 79.8 Å². The number of rotatable bonds is 6. The zero-order valence-electron chi connectivity index (χ0n) is 21.8. The van der Waals surface area contributed by atoms with Gasteiger partial charge >= 0.3 is 0 Å². The summed E-state index contributed by atoms with van der Waals surface area (Å²) in [6, 6.07) is 3.15. The van der Waals surface area contributed by atoms with Crippen molar-refractivity contribution in [1.82, 2.24) is 14.8 Å². The number of benzene rings is 1. The van der Waals surface area contributed by atoms with Crippen LogP contribution in [-0.2, 0) is 4.79 Å². The quantitative estimate of drug-likeness (QED) is 0.492. The lowest BCUT2D eigenvalue weighted by Crippen LogP contribution is -2.48. The molecule has 2 aliphatic heterocycles. The molecule has 2 aromatic rings. The SMILES string of the molecule is CC1CC=Cc2c([C@@H]3CCN(C[C@@H](O)C4CCN(C(=O)/C=C/c5cc(F)cc(F)c5)CC4)C[C@H]3O)c[nH]c21. The van der Waals surface area contributed by atoms with Crippen molar-refractivity contribution < 1.29 is 23.8 Å². The van der Waals surface area contributed by atoms with Crippen LogP contribution in [0.15, 0.2) is 36.5 Å². The van der Waals surface area contributed by atoms with Crippen molar-refractivity contribution in [2.24, 2.45) is 5.92 Å². The summed E-state index contributed by atoms with van der Waals surface area (Å²) in [5, 5.41) is 22.0. The van der Waals surface area contributed by atoms with Gasteiger partial charge in [-0.1, -0.05) is 19.1 Å². The van der Waals surface area contributed by atoms with Crippen molar-refractivity contribution in [2.75, 3.05) is 32.7 Å². The molecule has 6 nitrogen and oxygen atoms in total. The van der Waals surface area contributed by atoms with E-state index in [2.05, 4.69) is 35.2 Å². The van der Waals surface area contributed by atoms with Gasteiger partial charge in [-0.15, -0.1) is 0 Å². The average Bonchev–Trinajstić information content (AvgIpc) is 3.32. The number of hydrogen-bond acceptors (Lipinski definition) is 4. The van der Waals surface area contributed by atoms with E-state index in [1.54, 1.807) is 4.90 Å². The molecule has 204 valence electrons. The smallest absolute Gasteiger partial charge is 0.246 e. The molecule has 1 aromatic heterocycles. The Kier molecular flexibility index (Phi) is 8.12. The van der Waals surface area contributed by atoms with Gasteiger partial charge in [-0.25, -0.2) is 8.78 Å². The standard InChI is InChI=1S/C30H37F2N3O3/c1-19-3-2-4-25-26(16-33-30(19)25)24-9-10-34(18-28(24)37)17-27(36)21-7-11-35(12-8-21)29(38)6-5-20-13-22(31)15-23(32)14-20/h2,4-6,13-16,19,21,24,27-28,33,36-37H,3,7-12,17-18H2,1H3/b6-5+/t19?,24-,27+,28+/m0/s1. The number of allylic oxidation sites excluding steroid dienone is 1. The van der Waals surface area contributed by atoms with Gasteiger partial charge in [0, 0.05) is 62.0 Å². The molecule has 8 heteroatoms. The fourth-order valence-electron chi connectivity index (χ4n) is 6.26. The molecule has 0 spiro atoms. The fourth-order valence-corrected chi connectivity index (χ4v) is 6.26. The van der Waals surface area contributed by atoms with Gasteiger partial charge in [0.1, 0.15) is 11.6 Å². The summed E-state index contributed by atoms with van der Waals surface area (Å²) in [5.74, 6) is -0.934. The Balaban J connectivity index is 1.09. The molecule has 0 radical (unpaired) electrons. The van der Waals surface area contributed by atoms with Gasteiger partial charge < -0.3 is 20.1 Å². The molecule has 3 heterocycles. The molecule has 5 rings (SSSR count). The van der Waals surface area contributed by atoms with Gasteiger partial charge in [0.2, 0.25) is 5.91 Å². The van der Waals surface area contributed by atoms with Crippen LogP contribution in [0.25, 0.3) is 12.2 Å². The summed E-state index contributed by atoms with van der Waals surface area (Å²) in [5.41, 5.74) is 4.00. The van der Waals surface area contributed by atoms with Gasteiger partial charge in [-0.05, 0) is 73.0 Å². The molecule has 1 aromatic carbocycles. The van der Waals surface area contributed by atoms with Crippen molar-refractivity contribution in [1.29, 1.82) is 0 Å². The number of nitrogens with zero attached hydrogens (tertiary/aromatic N) is 2. The maximum Gasteiger partial charge on any atom is 0.246 e. The molecule has 0 bridgehead atoms. The van der Waals surface area contributed by atoms with Crippen LogP contribution in [0.4, 0.5) is 8.78 Å². The molecule has 3 N–H and O–H groups in total. The largest absolute Gasteiger partial charge is 0.392 e. The van der Waals surface area contributed by atoms with Crippen molar-refractivity contribution in [3.8, 4) is 0 Å². The van der Waals surface area contributed by atoms with E-state index >= 15 is 0 Å². The molecule has 4 atom stereocenters. The lowest BCUT2D eigenvalue weighted by atomic mass is 9.83. The number of H-pyrrole nitrogens is 1. The first kappa shape index (κ1) is 26.8. The molecular weight excluding hydrogens is 488 g/mol. The Bertz CT molecular complexity index is 1180. The number of likely N-dealkylation sites (tertiary alicyclic amines) is 2. The van der Waals surface area contributed by atoms with E-state index in [0.29, 0.717) is 50.5 Å². The van der Waals surface area contributed by atoms with Crippen molar-refractivity contribution in [2.45, 2.75) is 56.7 Å². The molecular formula is C30H37F2N3O3. The molecule has 1 aliphatic carbocycles. The van der Waals surface area contributed by atoms with Crippen LogP contribution in [0.5, 0.6) is 0 Å². The van der Waals surface area contributed by atoms with Crippen LogP contribution < -0.4 is 0 Å². The van der Waals surface area contributed by atoms with Gasteiger partial charge in [-0.2, -0.15) is 0 Å². The minimum absolute atomic E-state index is 0.0820. The van der Waals surface area contributed by atoms with E-state index in [4.69, 9.17) is 0 Å². The lowest BCUT2D eigenvalue weighted by molar-refractivity contribution is -0.128. The summed E-state index contributed by atoms with van der Waals surface area (Å²) >= 11 is 0. The van der Waals surface area contributed by atoms with Gasteiger partial charge in [0.15, 0.2) is 0 Å². The van der Waals surface area contributed by atoms with Crippen LogP contribution in [0.2, 0.25) is 0 Å². The maximum atomic E-state index is 13.4. The minimum atomic E-state index is -0.682. The number of carbonyl (C=O) groups is 1. The van der Waals surface area contributed by atoms with Crippen molar-refractivity contribution in [3.63, 3.8) is 0 Å². The van der Waals surface area contributed by atoms with Crippen LogP contribution in [-0.4, -0.2) is 75.8 Å². The van der Waals surface area contributed by atoms with E-state index in [-0.39, 0.29) is 17.7 Å². The maximum absolute atomic E-state index is 13.4. The Morgan fingerprint density at radius 1 is 1.16 bits per heavy atom. The zero-order chi connectivity index (χ0) is 26.8. The highest BCUT2D eigenvalue weighted by Crippen LogP contribution is 2.38. The fraction of sp³-hybridized carbons (Fsp3) is 0.500. The lowest BCUT2D eigenvalue weighted by Gasteiger charge is -2.39. The minimum Gasteiger partial charge on any atom is -0.392 e. The Hall–Kier alpha value is -2.81. The number of nitrogens with one attached hydrogen (secondary N) is 1. The number of amides is 1. The van der Waals surface area contributed by atoms with Crippen LogP contribution in [0.3, 0.4) is 0 Å². The summed E-state index contributed by atoms with van der Waals surface area (Å²) in [6.45, 7) is 5.13. The molecule has 1 amide bonds. The second-order valence-corrected chi connectivity index (χ2v) is 11.1.